The molecule has 0 fully saturated rings. The summed E-state index contributed by atoms with van der Waals surface area (Å²) in [5.41, 5.74) is 5.04. The van der Waals surface area contributed by atoms with Crippen molar-refractivity contribution in [2.24, 2.45) is 0 Å². The van der Waals surface area contributed by atoms with Crippen molar-refractivity contribution in [2.75, 3.05) is 10.8 Å². The van der Waals surface area contributed by atoms with E-state index in [9.17, 15) is 8.42 Å². The number of hydrogen-bond acceptors (Lipinski definition) is 4. The summed E-state index contributed by atoms with van der Waals surface area (Å²) >= 11 is 0. The Bertz CT molecular complexity index is 1210. The molecule has 168 valence electrons. The van der Waals surface area contributed by atoms with E-state index < -0.39 is 10.0 Å². The highest BCUT2D eigenvalue weighted by molar-refractivity contribution is 7.92. The maximum absolute atomic E-state index is 13.5. The zero-order chi connectivity index (χ0) is 22.7. The van der Waals surface area contributed by atoms with E-state index in [-0.39, 0.29) is 5.09 Å². The van der Waals surface area contributed by atoms with Gasteiger partial charge in [0.15, 0.2) is 0 Å². The van der Waals surface area contributed by atoms with E-state index in [1.54, 1.807) is 19.1 Å². The van der Waals surface area contributed by atoms with E-state index in [4.69, 9.17) is 9.15 Å². The van der Waals surface area contributed by atoms with E-state index in [2.05, 4.69) is 6.58 Å². The number of sulfonamides is 1. The average molecular weight is 452 g/mol. The maximum atomic E-state index is 13.5. The quantitative estimate of drug-likeness (QED) is 0.406. The number of furan rings is 1. The van der Waals surface area contributed by atoms with E-state index in [0.717, 1.165) is 30.4 Å². The van der Waals surface area contributed by atoms with Crippen LogP contribution in [0.5, 0.6) is 5.75 Å². The summed E-state index contributed by atoms with van der Waals surface area (Å²) in [5, 5.41) is -0.0464. The zero-order valence-electron chi connectivity index (χ0n) is 18.6. The summed E-state index contributed by atoms with van der Waals surface area (Å²) in [7, 11) is -3.85. The first-order chi connectivity index (χ1) is 15.4. The summed E-state index contributed by atoms with van der Waals surface area (Å²) in [6.45, 7) is 8.18. The van der Waals surface area contributed by atoms with Gasteiger partial charge in [-0.05, 0) is 79.1 Å². The number of fused-ring (bicyclic) bond motifs is 1. The van der Waals surface area contributed by atoms with Crippen LogP contribution >= 0.6 is 0 Å². The molecule has 6 heteroatoms. The predicted molar refractivity (Wildman–Crippen MR) is 128 cm³/mol. The molecule has 1 heterocycles. The minimum Gasteiger partial charge on any atom is -0.487 e. The molecule has 32 heavy (non-hydrogen) atoms. The minimum atomic E-state index is -3.85. The number of ether oxygens (including phenoxy) is 1. The monoisotopic (exact) mass is 451 g/mol. The lowest BCUT2D eigenvalue weighted by atomic mass is 10.1. The molecule has 1 aliphatic carbocycles. The number of hydrogen-bond donors (Lipinski definition) is 0. The van der Waals surface area contributed by atoms with Crippen molar-refractivity contribution >= 4 is 21.8 Å². The lowest BCUT2D eigenvalue weighted by Crippen LogP contribution is -2.32. The maximum Gasteiger partial charge on any atom is 0.297 e. The van der Waals surface area contributed by atoms with Gasteiger partial charge in [-0.1, -0.05) is 43.8 Å². The first-order valence-electron chi connectivity index (χ1n) is 11.0. The SMILES string of the molecule is C=Cc1ccc(COc2cc3c(cc2N(CCC)S(=O)(=O)c2ccc(C)o2)CCC3)cc1. The van der Waals surface area contributed by atoms with Gasteiger partial charge in [0.1, 0.15) is 18.1 Å². The first kappa shape index (κ1) is 22.2. The number of anilines is 1. The van der Waals surface area contributed by atoms with Crippen LogP contribution in [0.15, 0.2) is 64.6 Å². The van der Waals surface area contributed by atoms with Crippen molar-refractivity contribution in [3.05, 3.63) is 83.1 Å². The van der Waals surface area contributed by atoms with Crippen LogP contribution in [0.4, 0.5) is 5.69 Å². The van der Waals surface area contributed by atoms with Crippen LogP contribution in [0.25, 0.3) is 6.08 Å². The number of aryl methyl sites for hydroxylation is 3. The Balaban J connectivity index is 1.72. The highest BCUT2D eigenvalue weighted by atomic mass is 32.2. The lowest BCUT2D eigenvalue weighted by Gasteiger charge is -2.26. The van der Waals surface area contributed by atoms with Crippen molar-refractivity contribution in [2.45, 2.75) is 51.2 Å². The van der Waals surface area contributed by atoms with E-state index in [0.29, 0.717) is 36.8 Å². The second-order valence-electron chi connectivity index (χ2n) is 8.12. The van der Waals surface area contributed by atoms with Gasteiger partial charge in [-0.2, -0.15) is 8.42 Å². The molecule has 0 spiro atoms. The Hall–Kier alpha value is -2.99. The highest BCUT2D eigenvalue weighted by Crippen LogP contribution is 2.39. The molecule has 3 aromatic rings. The third kappa shape index (κ3) is 4.46. The van der Waals surface area contributed by atoms with Crippen LogP contribution in [-0.2, 0) is 29.5 Å². The van der Waals surface area contributed by atoms with Crippen LogP contribution in [0.2, 0.25) is 0 Å². The Morgan fingerprint density at radius 2 is 1.81 bits per heavy atom. The molecule has 0 saturated heterocycles. The van der Waals surface area contributed by atoms with Crippen molar-refractivity contribution in [1.82, 2.24) is 0 Å². The Kier molecular flexibility index (Phi) is 6.42. The molecule has 0 amide bonds. The van der Waals surface area contributed by atoms with Gasteiger partial charge in [-0.3, -0.25) is 4.31 Å². The predicted octanol–water partition coefficient (Wildman–Crippen LogP) is 5.90. The summed E-state index contributed by atoms with van der Waals surface area (Å²) < 4.78 is 40.2. The molecule has 0 atom stereocenters. The number of nitrogens with zero attached hydrogens (tertiary/aromatic N) is 1. The molecule has 0 unspecified atom stereocenters. The molecular formula is C26H29NO4S. The van der Waals surface area contributed by atoms with E-state index >= 15 is 0 Å². The Labute approximate surface area is 190 Å². The molecule has 0 aliphatic heterocycles. The molecular weight excluding hydrogens is 422 g/mol. The molecule has 0 saturated carbocycles. The van der Waals surface area contributed by atoms with Crippen LogP contribution in [0, 0.1) is 6.92 Å². The fraction of sp³-hybridized carbons (Fsp3) is 0.308. The van der Waals surface area contributed by atoms with Gasteiger partial charge >= 0.3 is 0 Å². The van der Waals surface area contributed by atoms with Crippen molar-refractivity contribution in [3.63, 3.8) is 0 Å². The van der Waals surface area contributed by atoms with Crippen molar-refractivity contribution in [1.29, 1.82) is 0 Å². The van der Waals surface area contributed by atoms with Crippen LogP contribution in [0.3, 0.4) is 0 Å². The average Bonchev–Trinajstić information content (AvgIpc) is 3.44. The minimum absolute atomic E-state index is 0.0464. The largest absolute Gasteiger partial charge is 0.487 e. The van der Waals surface area contributed by atoms with E-state index in [1.807, 2.05) is 43.3 Å². The van der Waals surface area contributed by atoms with Gasteiger partial charge in [0.05, 0.1) is 5.69 Å². The van der Waals surface area contributed by atoms with Gasteiger partial charge < -0.3 is 9.15 Å². The summed E-state index contributed by atoms with van der Waals surface area (Å²) in [6.07, 6.45) is 5.47. The molecule has 4 rings (SSSR count). The Morgan fingerprint density at radius 3 is 2.44 bits per heavy atom. The van der Waals surface area contributed by atoms with Gasteiger partial charge in [0, 0.05) is 6.54 Å². The van der Waals surface area contributed by atoms with Gasteiger partial charge in [-0.15, -0.1) is 0 Å². The Morgan fingerprint density at radius 1 is 1.09 bits per heavy atom. The molecule has 0 radical (unpaired) electrons. The third-order valence-corrected chi connectivity index (χ3v) is 7.43. The van der Waals surface area contributed by atoms with Crippen LogP contribution < -0.4 is 9.04 Å². The summed E-state index contributed by atoms with van der Waals surface area (Å²) in [5.74, 6) is 1.15. The highest BCUT2D eigenvalue weighted by Gasteiger charge is 2.31. The summed E-state index contributed by atoms with van der Waals surface area (Å²) in [6, 6.07) is 15.2. The second-order valence-corrected chi connectivity index (χ2v) is 9.91. The first-order valence-corrected chi connectivity index (χ1v) is 12.5. The second kappa shape index (κ2) is 9.25. The fourth-order valence-corrected chi connectivity index (χ4v) is 5.56. The third-order valence-electron chi connectivity index (χ3n) is 5.74. The molecule has 0 N–H and O–H groups in total. The van der Waals surface area contributed by atoms with Gasteiger partial charge in [-0.25, -0.2) is 0 Å². The fourth-order valence-electron chi connectivity index (χ4n) is 4.04. The van der Waals surface area contributed by atoms with Crippen molar-refractivity contribution in [3.8, 4) is 5.75 Å². The van der Waals surface area contributed by atoms with Crippen LogP contribution in [0.1, 0.15) is 47.8 Å². The lowest BCUT2D eigenvalue weighted by molar-refractivity contribution is 0.306. The van der Waals surface area contributed by atoms with Gasteiger partial charge in [0.2, 0.25) is 5.09 Å². The standard InChI is InChI=1S/C26H29NO4S/c1-4-15-27(32(28,29)26-14-9-19(3)31-26)24-16-22-7-6-8-23(22)17-25(24)30-18-21-12-10-20(5-2)11-13-21/h5,9-14,16-17H,2,4,6-8,15,18H2,1,3H3. The summed E-state index contributed by atoms with van der Waals surface area (Å²) in [4.78, 5) is 0. The van der Waals surface area contributed by atoms with E-state index in [1.165, 1.54) is 21.5 Å². The number of rotatable bonds is 9. The topological polar surface area (TPSA) is 59.8 Å². The van der Waals surface area contributed by atoms with Crippen LogP contribution in [-0.4, -0.2) is 15.0 Å². The number of benzene rings is 2. The van der Waals surface area contributed by atoms with Crippen molar-refractivity contribution < 1.29 is 17.6 Å². The van der Waals surface area contributed by atoms with Gasteiger partial charge in [0.25, 0.3) is 10.0 Å². The molecule has 1 aliphatic rings. The normalized spacial score (nSPS) is 13.1. The molecule has 2 aromatic carbocycles. The molecule has 5 nitrogen and oxygen atoms in total. The molecule has 0 bridgehead atoms. The molecule has 1 aromatic heterocycles. The smallest absolute Gasteiger partial charge is 0.297 e. The zero-order valence-corrected chi connectivity index (χ0v) is 19.5.